The Balaban J connectivity index is 1.21. The van der Waals surface area contributed by atoms with Crippen molar-refractivity contribution in [3.8, 4) is 84.9 Å². The Labute approximate surface area is 375 Å². The molecule has 0 saturated heterocycles. The lowest BCUT2D eigenvalue weighted by Crippen LogP contribution is -2.04. The van der Waals surface area contributed by atoms with Crippen LogP contribution in [0.1, 0.15) is 0 Å². The minimum Gasteiger partial charge on any atom is -0.308 e. The number of para-hydroxylation sites is 1. The van der Waals surface area contributed by atoms with Crippen LogP contribution >= 0.6 is 0 Å². The molecule has 11 aromatic rings. The molecule has 0 aliphatic heterocycles. The largest absolute Gasteiger partial charge is 0.308 e. The van der Waals surface area contributed by atoms with Crippen LogP contribution in [0.25, 0.3) is 116 Å². The first-order valence-corrected chi connectivity index (χ1v) is 21.1. The summed E-state index contributed by atoms with van der Waals surface area (Å²) < 4.78 is 2.26. The fourth-order valence-electron chi connectivity index (χ4n) is 8.37. The van der Waals surface area contributed by atoms with Gasteiger partial charge in [0.25, 0.3) is 0 Å². The summed E-state index contributed by atoms with van der Waals surface area (Å²) in [6.07, 6.45) is 0. The van der Waals surface area contributed by atoms with E-state index in [2.05, 4.69) is 99.2 Å². The van der Waals surface area contributed by atoms with E-state index >= 15 is 0 Å². The third kappa shape index (κ3) is 7.34. The molecular formula is C57H34N8. The van der Waals surface area contributed by atoms with Gasteiger partial charge in [-0.1, -0.05) is 170 Å². The average molecular weight is 831 g/mol. The molecule has 0 saturated carbocycles. The molecule has 0 N–H and O–H groups in total. The fraction of sp³-hybridized carbons (Fsp3) is 0. The molecular weight excluding hydrogens is 797 g/mol. The van der Waals surface area contributed by atoms with E-state index in [9.17, 15) is 0 Å². The summed E-state index contributed by atoms with van der Waals surface area (Å²) >= 11 is 0. The quantitative estimate of drug-likeness (QED) is 0.143. The highest BCUT2D eigenvalue weighted by atomic mass is 15.0. The van der Waals surface area contributed by atoms with E-state index in [0.717, 1.165) is 83.4 Å². The van der Waals surface area contributed by atoms with Crippen molar-refractivity contribution in [2.24, 2.45) is 0 Å². The van der Waals surface area contributed by atoms with E-state index < -0.39 is 0 Å². The molecule has 302 valence electrons. The molecule has 8 heteroatoms. The van der Waals surface area contributed by atoms with E-state index in [0.29, 0.717) is 34.7 Å². The van der Waals surface area contributed by atoms with Crippen molar-refractivity contribution >= 4 is 33.2 Å². The third-order valence-electron chi connectivity index (χ3n) is 11.5. The van der Waals surface area contributed by atoms with Crippen molar-refractivity contribution < 1.29 is 0 Å². The Kier molecular flexibility index (Phi) is 9.78. The van der Waals surface area contributed by atoms with E-state index in [-0.39, 0.29) is 0 Å². The van der Waals surface area contributed by atoms with Gasteiger partial charge in [-0.05, 0) is 47.5 Å². The van der Waals surface area contributed by atoms with Gasteiger partial charge in [0.2, 0.25) is 0 Å². The molecule has 0 unspecified atom stereocenters. The normalized spacial score (nSPS) is 11.0. The molecule has 0 amide bonds. The maximum Gasteiger partial charge on any atom is 0.177 e. The van der Waals surface area contributed by atoms with Crippen LogP contribution in [0.4, 0.5) is 11.4 Å². The molecule has 8 nitrogen and oxygen atoms in total. The summed E-state index contributed by atoms with van der Waals surface area (Å²) in [6, 6.07) is 68.6. The molecule has 8 aromatic carbocycles. The van der Waals surface area contributed by atoms with Crippen molar-refractivity contribution in [3.05, 3.63) is 229 Å². The lowest BCUT2D eigenvalue weighted by atomic mass is 10.0. The smallest absolute Gasteiger partial charge is 0.177 e. The topological polar surface area (TPSA) is 78.1 Å². The Morgan fingerprint density at radius 1 is 0.323 bits per heavy atom. The van der Waals surface area contributed by atoms with Crippen molar-refractivity contribution in [2.45, 2.75) is 0 Å². The summed E-state index contributed by atoms with van der Waals surface area (Å²) in [5.74, 6) is 2.16. The lowest BCUT2D eigenvalue weighted by molar-refractivity contribution is 1.07. The van der Waals surface area contributed by atoms with Crippen LogP contribution in [0, 0.1) is 13.1 Å². The Bertz CT molecular complexity index is 3520. The van der Waals surface area contributed by atoms with Gasteiger partial charge in [-0.15, -0.1) is 0 Å². The highest BCUT2D eigenvalue weighted by Crippen LogP contribution is 2.41. The maximum atomic E-state index is 7.75. The van der Waals surface area contributed by atoms with Gasteiger partial charge in [0, 0.05) is 44.2 Å². The van der Waals surface area contributed by atoms with Gasteiger partial charge in [0.05, 0.1) is 41.3 Å². The zero-order valence-corrected chi connectivity index (χ0v) is 34.7. The summed E-state index contributed by atoms with van der Waals surface area (Å²) in [5.41, 5.74) is 12.1. The van der Waals surface area contributed by atoms with Crippen LogP contribution < -0.4 is 0 Å². The zero-order valence-electron chi connectivity index (χ0n) is 34.7. The Morgan fingerprint density at radius 2 is 0.800 bits per heavy atom. The van der Waals surface area contributed by atoms with Gasteiger partial charge in [-0.25, -0.2) is 34.6 Å². The second-order valence-electron chi connectivity index (χ2n) is 15.5. The second kappa shape index (κ2) is 16.5. The van der Waals surface area contributed by atoms with Gasteiger partial charge in [-0.3, -0.25) is 0 Å². The highest BCUT2D eigenvalue weighted by molar-refractivity contribution is 6.11. The number of hydrogen-bond acceptors (Lipinski definition) is 5. The summed E-state index contributed by atoms with van der Waals surface area (Å²) in [6.45, 7) is 15.5. The van der Waals surface area contributed by atoms with Gasteiger partial charge < -0.3 is 4.57 Å². The molecule has 0 radical (unpaired) electrons. The van der Waals surface area contributed by atoms with E-state index in [1.54, 1.807) is 6.07 Å². The van der Waals surface area contributed by atoms with Crippen LogP contribution in [0.3, 0.4) is 0 Å². The van der Waals surface area contributed by atoms with Gasteiger partial charge in [0.1, 0.15) is 0 Å². The summed E-state index contributed by atoms with van der Waals surface area (Å²) in [7, 11) is 0. The van der Waals surface area contributed by atoms with E-state index in [1.807, 2.05) is 115 Å². The van der Waals surface area contributed by atoms with Crippen LogP contribution in [0.5, 0.6) is 0 Å². The number of nitrogens with zero attached hydrogens (tertiary/aromatic N) is 8. The summed E-state index contributed by atoms with van der Waals surface area (Å²) in [5, 5.41) is 2.12. The standard InChI is InChI=1S/C57H34N8/c1-58-44-31-43(32-45(35-44)59-2)41-27-29-47-46-25-15-16-26-51(46)65(53(47)34-41)52-30-28-42(56-63-54(39-21-11-5-12-22-39)62-55(64-56)40-23-13-6-14-24-40)33-48(52)57-60-49(37-17-7-3-8-18-37)36-50(61-57)38-19-9-4-10-20-38/h3-36H. The average Bonchev–Trinajstić information content (AvgIpc) is 3.72. The van der Waals surface area contributed by atoms with Crippen LogP contribution in [0.2, 0.25) is 0 Å². The molecule has 0 spiro atoms. The van der Waals surface area contributed by atoms with Crippen molar-refractivity contribution in [2.75, 3.05) is 0 Å². The van der Waals surface area contributed by atoms with Crippen LogP contribution in [-0.2, 0) is 0 Å². The lowest BCUT2D eigenvalue weighted by Gasteiger charge is -2.17. The van der Waals surface area contributed by atoms with Crippen molar-refractivity contribution in [1.82, 2.24) is 29.5 Å². The Morgan fingerprint density at radius 3 is 1.35 bits per heavy atom. The first-order chi connectivity index (χ1) is 32.1. The van der Waals surface area contributed by atoms with E-state index in [1.165, 1.54) is 0 Å². The van der Waals surface area contributed by atoms with Crippen LogP contribution in [0.15, 0.2) is 206 Å². The first kappa shape index (κ1) is 38.5. The van der Waals surface area contributed by atoms with Crippen molar-refractivity contribution in [1.29, 1.82) is 0 Å². The van der Waals surface area contributed by atoms with Gasteiger partial charge in [0.15, 0.2) is 34.7 Å². The first-order valence-electron chi connectivity index (χ1n) is 21.1. The molecule has 65 heavy (non-hydrogen) atoms. The van der Waals surface area contributed by atoms with Gasteiger partial charge >= 0.3 is 0 Å². The number of fused-ring (bicyclic) bond motifs is 3. The molecule has 3 aromatic heterocycles. The highest BCUT2D eigenvalue weighted by Gasteiger charge is 2.22. The minimum absolute atomic E-state index is 0.417. The number of hydrogen-bond donors (Lipinski definition) is 0. The molecule has 3 heterocycles. The predicted molar refractivity (Wildman–Crippen MR) is 260 cm³/mol. The zero-order chi connectivity index (χ0) is 43.7. The molecule has 0 fully saturated rings. The third-order valence-corrected chi connectivity index (χ3v) is 11.5. The van der Waals surface area contributed by atoms with Crippen LogP contribution in [-0.4, -0.2) is 29.5 Å². The SMILES string of the molecule is [C-]#[N+]c1cc([N+]#[C-])cc(-c2ccc3c4ccccc4n(-c4ccc(-c5nc(-c6ccccc6)nc(-c6ccccc6)n5)cc4-c4nc(-c5ccccc5)cc(-c5ccccc5)n4)c3c2)c1. The van der Waals surface area contributed by atoms with Gasteiger partial charge in [-0.2, -0.15) is 0 Å². The minimum atomic E-state index is 0.417. The maximum absolute atomic E-state index is 7.75. The number of rotatable bonds is 8. The second-order valence-corrected chi connectivity index (χ2v) is 15.5. The molecule has 0 aliphatic rings. The molecule has 0 atom stereocenters. The molecule has 0 bridgehead atoms. The number of benzene rings is 8. The van der Waals surface area contributed by atoms with E-state index in [4.69, 9.17) is 38.1 Å². The predicted octanol–water partition coefficient (Wildman–Crippen LogP) is 14.5. The van der Waals surface area contributed by atoms with Crippen molar-refractivity contribution in [3.63, 3.8) is 0 Å². The monoisotopic (exact) mass is 830 g/mol. The molecule has 11 rings (SSSR count). The Hall–Kier alpha value is -9.37. The number of aromatic nitrogens is 6. The fourth-order valence-corrected chi connectivity index (χ4v) is 8.37. The molecule has 0 aliphatic carbocycles. The summed E-state index contributed by atoms with van der Waals surface area (Å²) in [4.78, 5) is 33.3.